The molecule has 1 aromatic rings. The second-order valence-electron chi connectivity index (χ2n) is 5.73. The summed E-state index contributed by atoms with van der Waals surface area (Å²) in [5, 5.41) is 0. The fraction of sp³-hybridized carbons (Fsp3) is 0.571. The molecule has 1 unspecified atom stereocenters. The number of likely N-dealkylation sites (tertiary alicyclic amines) is 1. The predicted octanol–water partition coefficient (Wildman–Crippen LogP) is 1.15. The summed E-state index contributed by atoms with van der Waals surface area (Å²) in [5.74, 6) is 0.411. The molecule has 1 aliphatic heterocycles. The molecule has 1 aromatic carbocycles. The van der Waals surface area contributed by atoms with Crippen LogP contribution in [-0.2, 0) is 10.0 Å². The van der Waals surface area contributed by atoms with Crippen LogP contribution in [-0.4, -0.2) is 51.4 Å². The molecule has 0 aliphatic carbocycles. The molecule has 0 amide bonds. The summed E-state index contributed by atoms with van der Waals surface area (Å²) in [6, 6.07) is 4.93. The van der Waals surface area contributed by atoms with Crippen molar-refractivity contribution in [3.8, 4) is 0 Å². The zero-order valence-corrected chi connectivity index (χ0v) is 13.2. The summed E-state index contributed by atoms with van der Waals surface area (Å²) < 4.78 is 26.7. The Hall–Kier alpha value is -1.11. The number of nitrogen functional groups attached to an aromatic ring is 1. The van der Waals surface area contributed by atoms with Gasteiger partial charge in [0.15, 0.2) is 0 Å². The Balaban J connectivity index is 2.17. The number of rotatable bonds is 4. The Kier molecular flexibility index (Phi) is 4.36. The van der Waals surface area contributed by atoms with E-state index in [1.165, 1.54) is 4.31 Å². The summed E-state index contributed by atoms with van der Waals surface area (Å²) in [4.78, 5) is 2.58. The topological polar surface area (TPSA) is 66.6 Å². The van der Waals surface area contributed by atoms with Crippen molar-refractivity contribution in [2.24, 2.45) is 5.92 Å². The number of anilines is 1. The van der Waals surface area contributed by atoms with Gasteiger partial charge in [-0.15, -0.1) is 0 Å². The van der Waals surface area contributed by atoms with Crippen molar-refractivity contribution >= 4 is 15.7 Å². The molecule has 1 saturated heterocycles. The van der Waals surface area contributed by atoms with E-state index in [0.29, 0.717) is 28.6 Å². The van der Waals surface area contributed by atoms with Gasteiger partial charge < -0.3 is 10.6 Å². The van der Waals surface area contributed by atoms with E-state index in [1.807, 2.05) is 0 Å². The predicted molar refractivity (Wildman–Crippen MR) is 81.0 cm³/mol. The van der Waals surface area contributed by atoms with Crippen LogP contribution >= 0.6 is 0 Å². The molecule has 1 aliphatic rings. The Labute approximate surface area is 121 Å². The summed E-state index contributed by atoms with van der Waals surface area (Å²) in [6.07, 6.45) is 1.05. The summed E-state index contributed by atoms with van der Waals surface area (Å²) in [7, 11) is 0.292. The number of aryl methyl sites for hydroxylation is 1. The van der Waals surface area contributed by atoms with Gasteiger partial charge in [0.1, 0.15) is 0 Å². The van der Waals surface area contributed by atoms with Crippen LogP contribution in [0.4, 0.5) is 5.69 Å². The van der Waals surface area contributed by atoms with E-state index in [4.69, 9.17) is 5.73 Å². The van der Waals surface area contributed by atoms with Gasteiger partial charge >= 0.3 is 0 Å². The molecule has 1 fully saturated rings. The lowest BCUT2D eigenvalue weighted by atomic mass is 10.1. The fourth-order valence-corrected chi connectivity index (χ4v) is 4.22. The maximum absolute atomic E-state index is 12.6. The minimum Gasteiger partial charge on any atom is -0.399 e. The normalized spacial score (nSPS) is 20.7. The molecule has 112 valence electrons. The quantitative estimate of drug-likeness (QED) is 0.847. The van der Waals surface area contributed by atoms with Crippen LogP contribution in [0.15, 0.2) is 23.1 Å². The van der Waals surface area contributed by atoms with Crippen molar-refractivity contribution in [1.29, 1.82) is 0 Å². The largest absolute Gasteiger partial charge is 0.399 e. The first-order valence-electron chi connectivity index (χ1n) is 6.81. The average Bonchev–Trinajstić information content (AvgIpc) is 2.74. The zero-order chi connectivity index (χ0) is 14.9. The zero-order valence-electron chi connectivity index (χ0n) is 12.3. The number of sulfonamides is 1. The second kappa shape index (κ2) is 5.71. The van der Waals surface area contributed by atoms with Crippen molar-refractivity contribution in [3.05, 3.63) is 23.8 Å². The Morgan fingerprint density at radius 3 is 2.70 bits per heavy atom. The number of hydrogen-bond donors (Lipinski definition) is 1. The first-order chi connectivity index (χ1) is 9.30. The van der Waals surface area contributed by atoms with Crippen LogP contribution in [0.25, 0.3) is 0 Å². The third-order valence-electron chi connectivity index (χ3n) is 3.89. The van der Waals surface area contributed by atoms with Crippen molar-refractivity contribution in [2.75, 3.05) is 39.5 Å². The van der Waals surface area contributed by atoms with Gasteiger partial charge in [-0.1, -0.05) is 0 Å². The molecule has 1 heterocycles. The van der Waals surface area contributed by atoms with E-state index < -0.39 is 10.0 Å². The summed E-state index contributed by atoms with van der Waals surface area (Å²) in [6.45, 7) is 4.34. The first kappa shape index (κ1) is 15.3. The highest BCUT2D eigenvalue weighted by Gasteiger charge is 2.28. The molecular weight excluding hydrogens is 274 g/mol. The molecule has 0 radical (unpaired) electrons. The van der Waals surface area contributed by atoms with Gasteiger partial charge in [-0.05, 0) is 56.6 Å². The summed E-state index contributed by atoms with van der Waals surface area (Å²) in [5.41, 5.74) is 6.96. The summed E-state index contributed by atoms with van der Waals surface area (Å²) >= 11 is 0. The van der Waals surface area contributed by atoms with E-state index >= 15 is 0 Å². The molecule has 5 nitrogen and oxygen atoms in total. The van der Waals surface area contributed by atoms with Crippen molar-refractivity contribution < 1.29 is 8.42 Å². The minimum atomic E-state index is -3.43. The number of hydrogen-bond acceptors (Lipinski definition) is 4. The van der Waals surface area contributed by atoms with E-state index in [2.05, 4.69) is 11.9 Å². The third kappa shape index (κ3) is 3.13. The Morgan fingerprint density at radius 2 is 2.15 bits per heavy atom. The van der Waals surface area contributed by atoms with Crippen LogP contribution in [0.2, 0.25) is 0 Å². The first-order valence-corrected chi connectivity index (χ1v) is 8.25. The Morgan fingerprint density at radius 1 is 1.45 bits per heavy atom. The van der Waals surface area contributed by atoms with Crippen LogP contribution < -0.4 is 5.73 Å². The number of benzene rings is 1. The minimum absolute atomic E-state index is 0.348. The molecular formula is C14H23N3O2S. The standard InChI is InChI=1S/C14H23N3O2S/c1-11-8-13(15)4-5-14(11)20(18,19)17(3)10-12-6-7-16(2)9-12/h4-5,8,12H,6-7,9-10,15H2,1-3H3. The maximum atomic E-state index is 12.6. The second-order valence-corrected chi connectivity index (χ2v) is 7.74. The van der Waals surface area contributed by atoms with Gasteiger partial charge in [-0.2, -0.15) is 0 Å². The Bertz CT molecular complexity index is 586. The lowest BCUT2D eigenvalue weighted by Crippen LogP contribution is -2.33. The lowest BCUT2D eigenvalue weighted by molar-refractivity contribution is 0.356. The number of nitrogens with zero attached hydrogens (tertiary/aromatic N) is 2. The molecule has 0 bridgehead atoms. The monoisotopic (exact) mass is 297 g/mol. The van der Waals surface area contributed by atoms with Gasteiger partial charge in [0.05, 0.1) is 4.90 Å². The van der Waals surface area contributed by atoms with Gasteiger partial charge in [-0.3, -0.25) is 0 Å². The molecule has 0 saturated carbocycles. The van der Waals surface area contributed by atoms with E-state index in [-0.39, 0.29) is 0 Å². The highest BCUT2D eigenvalue weighted by Crippen LogP contribution is 2.23. The SMILES string of the molecule is Cc1cc(N)ccc1S(=O)(=O)N(C)CC1CCN(C)C1. The van der Waals surface area contributed by atoms with Gasteiger partial charge in [0.2, 0.25) is 10.0 Å². The third-order valence-corrected chi connectivity index (χ3v) is 5.88. The number of nitrogens with two attached hydrogens (primary N) is 1. The van der Waals surface area contributed by atoms with Crippen molar-refractivity contribution in [3.63, 3.8) is 0 Å². The van der Waals surface area contributed by atoms with E-state index in [1.54, 1.807) is 32.2 Å². The molecule has 2 N–H and O–H groups in total. The van der Waals surface area contributed by atoms with Crippen LogP contribution in [0.3, 0.4) is 0 Å². The van der Waals surface area contributed by atoms with Crippen molar-refractivity contribution in [2.45, 2.75) is 18.2 Å². The fourth-order valence-electron chi connectivity index (χ4n) is 2.77. The van der Waals surface area contributed by atoms with E-state index in [9.17, 15) is 8.42 Å². The molecule has 0 aromatic heterocycles. The van der Waals surface area contributed by atoms with Crippen molar-refractivity contribution in [1.82, 2.24) is 9.21 Å². The smallest absolute Gasteiger partial charge is 0.243 e. The van der Waals surface area contributed by atoms with Gasteiger partial charge in [0, 0.05) is 25.8 Å². The average molecular weight is 297 g/mol. The van der Waals surface area contributed by atoms with Gasteiger partial charge in [0.25, 0.3) is 0 Å². The molecule has 1 atom stereocenters. The lowest BCUT2D eigenvalue weighted by Gasteiger charge is -2.22. The van der Waals surface area contributed by atoms with Crippen LogP contribution in [0.5, 0.6) is 0 Å². The van der Waals surface area contributed by atoms with Crippen LogP contribution in [0, 0.1) is 12.8 Å². The molecule has 0 spiro atoms. The molecule has 6 heteroatoms. The molecule has 2 rings (SSSR count). The van der Waals surface area contributed by atoms with Gasteiger partial charge in [-0.25, -0.2) is 12.7 Å². The van der Waals surface area contributed by atoms with Crippen LogP contribution in [0.1, 0.15) is 12.0 Å². The highest BCUT2D eigenvalue weighted by molar-refractivity contribution is 7.89. The highest BCUT2D eigenvalue weighted by atomic mass is 32.2. The molecule has 20 heavy (non-hydrogen) atoms. The maximum Gasteiger partial charge on any atom is 0.243 e. The van der Waals surface area contributed by atoms with E-state index in [0.717, 1.165) is 19.5 Å².